The van der Waals surface area contributed by atoms with Crippen molar-refractivity contribution in [2.45, 2.75) is 39.2 Å². The van der Waals surface area contributed by atoms with Gasteiger partial charge in [-0.3, -0.25) is 0 Å². The maximum absolute atomic E-state index is 11.4. The third kappa shape index (κ3) is 3.56. The number of aliphatic hydroxyl groups is 1. The summed E-state index contributed by atoms with van der Waals surface area (Å²) in [6.45, 7) is 5.93. The zero-order valence-electron chi connectivity index (χ0n) is 10.6. The van der Waals surface area contributed by atoms with Crippen molar-refractivity contribution in [1.82, 2.24) is 0 Å². The maximum Gasteiger partial charge on any atom is 0.335 e. The van der Waals surface area contributed by atoms with E-state index in [2.05, 4.69) is 6.92 Å². The molecule has 2 atom stereocenters. The van der Waals surface area contributed by atoms with E-state index in [0.717, 1.165) is 12.0 Å². The SMILES string of the molecule is CCOC(=O)C(O)C(C)c1ccc(CC)cc1. The summed E-state index contributed by atoms with van der Waals surface area (Å²) in [6.07, 6.45) is -0.114. The minimum absolute atomic E-state index is 0.250. The number of hydrogen-bond acceptors (Lipinski definition) is 3. The quantitative estimate of drug-likeness (QED) is 0.798. The molecule has 0 heterocycles. The minimum Gasteiger partial charge on any atom is -0.464 e. The molecule has 2 unspecified atom stereocenters. The number of aryl methyl sites for hydroxylation is 1. The van der Waals surface area contributed by atoms with Gasteiger partial charge in [0.2, 0.25) is 0 Å². The third-order valence-electron chi connectivity index (χ3n) is 2.92. The fourth-order valence-electron chi connectivity index (χ4n) is 1.67. The van der Waals surface area contributed by atoms with Gasteiger partial charge in [0, 0.05) is 5.92 Å². The highest BCUT2D eigenvalue weighted by molar-refractivity contribution is 5.75. The van der Waals surface area contributed by atoms with Crippen molar-refractivity contribution >= 4 is 5.97 Å². The number of ether oxygens (including phenoxy) is 1. The van der Waals surface area contributed by atoms with Crippen molar-refractivity contribution in [2.24, 2.45) is 0 Å². The fourth-order valence-corrected chi connectivity index (χ4v) is 1.67. The molecule has 1 N–H and O–H groups in total. The topological polar surface area (TPSA) is 46.5 Å². The Morgan fingerprint density at radius 3 is 2.35 bits per heavy atom. The molecule has 0 aromatic heterocycles. The van der Waals surface area contributed by atoms with Crippen LogP contribution in [0.2, 0.25) is 0 Å². The van der Waals surface area contributed by atoms with Crippen molar-refractivity contribution in [3.05, 3.63) is 35.4 Å². The second-order valence-electron chi connectivity index (χ2n) is 4.08. The largest absolute Gasteiger partial charge is 0.464 e. The highest BCUT2D eigenvalue weighted by Gasteiger charge is 2.24. The first kappa shape index (κ1) is 13.7. The first-order valence-corrected chi connectivity index (χ1v) is 6.03. The zero-order valence-corrected chi connectivity index (χ0v) is 10.6. The minimum atomic E-state index is -1.09. The van der Waals surface area contributed by atoms with E-state index in [1.807, 2.05) is 31.2 Å². The van der Waals surface area contributed by atoms with Gasteiger partial charge in [-0.2, -0.15) is 0 Å². The summed E-state index contributed by atoms with van der Waals surface area (Å²) in [5, 5.41) is 9.82. The molecule has 0 fully saturated rings. The van der Waals surface area contributed by atoms with Crippen LogP contribution in [0.15, 0.2) is 24.3 Å². The molecule has 17 heavy (non-hydrogen) atoms. The van der Waals surface area contributed by atoms with Crippen molar-refractivity contribution in [3.63, 3.8) is 0 Å². The molecule has 0 bridgehead atoms. The highest BCUT2D eigenvalue weighted by atomic mass is 16.5. The van der Waals surface area contributed by atoms with Crippen LogP contribution in [0.1, 0.15) is 37.8 Å². The molecule has 1 aromatic rings. The summed E-state index contributed by atoms with van der Waals surface area (Å²) >= 11 is 0. The molecule has 1 aromatic carbocycles. The van der Waals surface area contributed by atoms with Gasteiger partial charge in [0.15, 0.2) is 6.10 Å². The third-order valence-corrected chi connectivity index (χ3v) is 2.92. The molecule has 0 aliphatic heterocycles. The predicted octanol–water partition coefficient (Wildman–Crippen LogP) is 2.28. The first-order chi connectivity index (χ1) is 8.10. The van der Waals surface area contributed by atoms with Crippen LogP contribution >= 0.6 is 0 Å². The number of esters is 1. The van der Waals surface area contributed by atoms with Crippen molar-refractivity contribution < 1.29 is 14.6 Å². The van der Waals surface area contributed by atoms with Crippen LogP contribution in [-0.2, 0) is 16.0 Å². The Labute approximate surface area is 102 Å². The highest BCUT2D eigenvalue weighted by Crippen LogP contribution is 2.20. The van der Waals surface area contributed by atoms with Crippen molar-refractivity contribution in [2.75, 3.05) is 6.61 Å². The van der Waals surface area contributed by atoms with E-state index in [1.54, 1.807) is 6.92 Å². The Balaban J connectivity index is 2.73. The van der Waals surface area contributed by atoms with Gasteiger partial charge in [0.25, 0.3) is 0 Å². The average molecular weight is 236 g/mol. The standard InChI is InChI=1S/C14H20O3/c1-4-11-6-8-12(9-7-11)10(3)13(15)14(16)17-5-2/h6-10,13,15H,4-5H2,1-3H3. The zero-order chi connectivity index (χ0) is 12.8. The van der Waals surface area contributed by atoms with Gasteiger partial charge in [0.1, 0.15) is 0 Å². The fraction of sp³-hybridized carbons (Fsp3) is 0.500. The summed E-state index contributed by atoms with van der Waals surface area (Å²) in [5.74, 6) is -0.806. The maximum atomic E-state index is 11.4. The van der Waals surface area contributed by atoms with Gasteiger partial charge in [-0.15, -0.1) is 0 Å². The van der Waals surface area contributed by atoms with E-state index in [9.17, 15) is 9.90 Å². The monoisotopic (exact) mass is 236 g/mol. The lowest BCUT2D eigenvalue weighted by Crippen LogP contribution is -2.28. The van der Waals surface area contributed by atoms with Gasteiger partial charge in [-0.05, 0) is 24.5 Å². The molecule has 0 radical (unpaired) electrons. The summed E-state index contributed by atoms with van der Waals surface area (Å²) in [5.41, 5.74) is 2.19. The Morgan fingerprint density at radius 2 is 1.88 bits per heavy atom. The Morgan fingerprint density at radius 1 is 1.29 bits per heavy atom. The molecule has 0 saturated heterocycles. The van der Waals surface area contributed by atoms with Crippen LogP contribution in [0.3, 0.4) is 0 Å². The van der Waals surface area contributed by atoms with Gasteiger partial charge >= 0.3 is 5.97 Å². The summed E-state index contributed by atoms with van der Waals surface area (Å²) in [4.78, 5) is 11.4. The van der Waals surface area contributed by atoms with E-state index in [-0.39, 0.29) is 12.5 Å². The molecular formula is C14H20O3. The summed E-state index contributed by atoms with van der Waals surface area (Å²) in [7, 11) is 0. The van der Waals surface area contributed by atoms with Crippen LogP contribution in [-0.4, -0.2) is 23.8 Å². The van der Waals surface area contributed by atoms with Crippen LogP contribution < -0.4 is 0 Å². The van der Waals surface area contributed by atoms with Gasteiger partial charge in [-0.1, -0.05) is 38.1 Å². The number of benzene rings is 1. The molecular weight excluding hydrogens is 216 g/mol. The Bertz CT molecular complexity index is 356. The van der Waals surface area contributed by atoms with Crippen LogP contribution in [0, 0.1) is 0 Å². The first-order valence-electron chi connectivity index (χ1n) is 6.03. The number of aliphatic hydroxyl groups excluding tert-OH is 1. The normalized spacial score (nSPS) is 14.1. The van der Waals surface area contributed by atoms with E-state index in [0.29, 0.717) is 0 Å². The molecule has 94 valence electrons. The summed E-state index contributed by atoms with van der Waals surface area (Å²) in [6, 6.07) is 7.94. The van der Waals surface area contributed by atoms with E-state index >= 15 is 0 Å². The molecule has 3 heteroatoms. The average Bonchev–Trinajstić information content (AvgIpc) is 2.37. The number of carbonyl (C=O) groups excluding carboxylic acids is 1. The van der Waals surface area contributed by atoms with Crippen LogP contribution in [0.5, 0.6) is 0 Å². The van der Waals surface area contributed by atoms with E-state index < -0.39 is 12.1 Å². The van der Waals surface area contributed by atoms with Gasteiger partial charge in [-0.25, -0.2) is 4.79 Å². The molecule has 3 nitrogen and oxygen atoms in total. The number of rotatable bonds is 5. The van der Waals surface area contributed by atoms with Crippen LogP contribution in [0.25, 0.3) is 0 Å². The second-order valence-corrected chi connectivity index (χ2v) is 4.08. The van der Waals surface area contributed by atoms with Gasteiger partial charge in [0.05, 0.1) is 6.61 Å². The molecule has 0 amide bonds. The number of carbonyl (C=O) groups is 1. The molecule has 0 aliphatic rings. The van der Waals surface area contributed by atoms with E-state index in [4.69, 9.17) is 4.74 Å². The van der Waals surface area contributed by atoms with Crippen molar-refractivity contribution in [1.29, 1.82) is 0 Å². The molecule has 1 rings (SSSR count). The molecule has 0 spiro atoms. The second kappa shape index (κ2) is 6.40. The lowest BCUT2D eigenvalue weighted by molar-refractivity contribution is -0.154. The predicted molar refractivity (Wildman–Crippen MR) is 66.9 cm³/mol. The Kier molecular flexibility index (Phi) is 5.16. The lowest BCUT2D eigenvalue weighted by atomic mass is 9.94. The van der Waals surface area contributed by atoms with Crippen molar-refractivity contribution in [3.8, 4) is 0 Å². The van der Waals surface area contributed by atoms with Crippen LogP contribution in [0.4, 0.5) is 0 Å². The lowest BCUT2D eigenvalue weighted by Gasteiger charge is -2.17. The van der Waals surface area contributed by atoms with Gasteiger partial charge < -0.3 is 9.84 Å². The summed E-state index contributed by atoms with van der Waals surface area (Å²) < 4.78 is 4.80. The Hall–Kier alpha value is -1.35. The smallest absolute Gasteiger partial charge is 0.335 e. The number of hydrogen-bond donors (Lipinski definition) is 1. The molecule has 0 saturated carbocycles. The van der Waals surface area contributed by atoms with E-state index in [1.165, 1.54) is 5.56 Å². The molecule has 0 aliphatic carbocycles.